The topological polar surface area (TPSA) is 237 Å². The number of esters is 4. The zero-order chi connectivity index (χ0) is 71.6. The van der Waals surface area contributed by atoms with Gasteiger partial charge < -0.3 is 33.8 Å². The number of hydrogen-bond donors (Lipinski definition) is 3. The smallest absolute Gasteiger partial charge is 0.462 e. The second kappa shape index (κ2) is 68.5. The molecule has 0 rings (SSSR count). The summed E-state index contributed by atoms with van der Waals surface area (Å²) in [7, 11) is -9.92. The second-order valence-electron chi connectivity index (χ2n) is 29.5. The van der Waals surface area contributed by atoms with E-state index in [2.05, 4.69) is 48.5 Å². The molecule has 0 spiro atoms. The molecule has 0 saturated heterocycles. The van der Waals surface area contributed by atoms with Crippen molar-refractivity contribution in [3.8, 4) is 0 Å². The van der Waals surface area contributed by atoms with Gasteiger partial charge in [0.25, 0.3) is 0 Å². The summed E-state index contributed by atoms with van der Waals surface area (Å²) in [4.78, 5) is 72.9. The van der Waals surface area contributed by atoms with Gasteiger partial charge in [-0.2, -0.15) is 0 Å². The van der Waals surface area contributed by atoms with Gasteiger partial charge in [-0.25, -0.2) is 9.13 Å². The van der Waals surface area contributed by atoms with Gasteiger partial charge in [-0.15, -0.1) is 0 Å². The van der Waals surface area contributed by atoms with E-state index in [-0.39, 0.29) is 25.7 Å². The molecular weight excluding hydrogens is 1270 g/mol. The normalized spacial score (nSPS) is 14.0. The van der Waals surface area contributed by atoms with Crippen LogP contribution in [0.3, 0.4) is 0 Å². The van der Waals surface area contributed by atoms with Crippen molar-refractivity contribution in [2.24, 2.45) is 17.8 Å². The summed E-state index contributed by atoms with van der Waals surface area (Å²) in [5, 5.41) is 10.6. The summed E-state index contributed by atoms with van der Waals surface area (Å²) >= 11 is 0. The van der Waals surface area contributed by atoms with Crippen LogP contribution >= 0.6 is 15.6 Å². The van der Waals surface area contributed by atoms with Crippen LogP contribution in [0.1, 0.15) is 402 Å². The molecule has 0 aliphatic heterocycles. The Morgan fingerprint density at radius 1 is 0.278 bits per heavy atom. The van der Waals surface area contributed by atoms with Crippen molar-refractivity contribution in [1.29, 1.82) is 0 Å². The van der Waals surface area contributed by atoms with Crippen molar-refractivity contribution in [2.75, 3.05) is 39.6 Å². The molecule has 3 N–H and O–H groups in total. The molecule has 17 nitrogen and oxygen atoms in total. The third kappa shape index (κ3) is 72.2. The van der Waals surface area contributed by atoms with E-state index >= 15 is 0 Å². The minimum absolute atomic E-state index is 0.106. The van der Waals surface area contributed by atoms with Crippen LogP contribution in [-0.2, 0) is 65.4 Å². The van der Waals surface area contributed by atoms with Crippen LogP contribution in [-0.4, -0.2) is 96.7 Å². The van der Waals surface area contributed by atoms with Crippen molar-refractivity contribution in [3.05, 3.63) is 0 Å². The van der Waals surface area contributed by atoms with Gasteiger partial charge in [0.2, 0.25) is 0 Å². The van der Waals surface area contributed by atoms with Gasteiger partial charge in [0.15, 0.2) is 12.2 Å². The first-order valence-corrected chi connectivity index (χ1v) is 43.3. The van der Waals surface area contributed by atoms with Gasteiger partial charge in [-0.05, 0) is 43.4 Å². The number of unbranched alkanes of at least 4 members (excludes halogenated alkanes) is 44. The highest BCUT2D eigenvalue weighted by molar-refractivity contribution is 7.47. The maximum absolute atomic E-state index is 13.1. The summed E-state index contributed by atoms with van der Waals surface area (Å²) in [6, 6.07) is 0. The molecule has 0 aromatic heterocycles. The van der Waals surface area contributed by atoms with E-state index in [1.54, 1.807) is 0 Å². The Bertz CT molecular complexity index is 1890. The Kier molecular flexibility index (Phi) is 67.1. The standard InChI is InChI=1S/C78H152O17P2/c1-8-9-10-11-12-13-14-15-17-21-26-31-38-45-52-59-75(80)88-65-73(94-77(82)61-54-47-39-32-27-22-19-16-18-20-24-29-35-42-49-56-69(2)3)67-92-96(84,85)90-63-72(79)64-91-97(86,87)93-68-74(66-89-76(81)60-53-46-41-34-37-44-51-58-71(6)7)95-78(83)62-55-48-40-33-28-23-25-30-36-43-50-57-70(4)5/h69-74,79H,8-68H2,1-7H3,(H,84,85)(H,86,87)/t72-,73-,74-/m1/s1. The van der Waals surface area contributed by atoms with E-state index < -0.39 is 97.5 Å². The lowest BCUT2D eigenvalue weighted by Gasteiger charge is -2.21. The quantitative estimate of drug-likeness (QED) is 0.0222. The zero-order valence-corrected chi connectivity index (χ0v) is 65.3. The fraction of sp³-hybridized carbons (Fsp3) is 0.949. The summed E-state index contributed by atoms with van der Waals surface area (Å²) in [6.45, 7) is 11.9. The highest BCUT2D eigenvalue weighted by Gasteiger charge is 2.30. The molecule has 0 aromatic carbocycles. The minimum Gasteiger partial charge on any atom is -0.462 e. The molecule has 0 aliphatic rings. The monoisotopic (exact) mass is 1420 g/mol. The Hall–Kier alpha value is -1.94. The third-order valence-electron chi connectivity index (χ3n) is 18.1. The lowest BCUT2D eigenvalue weighted by atomic mass is 10.0. The first kappa shape index (κ1) is 95.1. The molecular formula is C78H152O17P2. The molecule has 0 fully saturated rings. The molecule has 0 radical (unpaired) electrons. The van der Waals surface area contributed by atoms with E-state index in [4.69, 9.17) is 37.0 Å². The largest absolute Gasteiger partial charge is 0.472 e. The highest BCUT2D eigenvalue weighted by atomic mass is 31.2. The highest BCUT2D eigenvalue weighted by Crippen LogP contribution is 2.45. The van der Waals surface area contributed by atoms with Crippen LogP contribution < -0.4 is 0 Å². The van der Waals surface area contributed by atoms with Crippen molar-refractivity contribution < 1.29 is 80.2 Å². The fourth-order valence-electron chi connectivity index (χ4n) is 12.0. The first-order chi connectivity index (χ1) is 46.7. The summed E-state index contributed by atoms with van der Waals surface area (Å²) in [6.07, 6.45) is 55.5. The predicted octanol–water partition coefficient (Wildman–Crippen LogP) is 23.0. The van der Waals surface area contributed by atoms with Gasteiger partial charge in [0.1, 0.15) is 19.3 Å². The number of rotatable bonds is 76. The molecule has 5 atom stereocenters. The molecule has 97 heavy (non-hydrogen) atoms. The number of phosphoric ester groups is 2. The number of carbonyl (C=O) groups is 4. The number of ether oxygens (including phenoxy) is 4. The lowest BCUT2D eigenvalue weighted by Crippen LogP contribution is -2.30. The van der Waals surface area contributed by atoms with E-state index in [0.717, 1.165) is 108 Å². The lowest BCUT2D eigenvalue weighted by molar-refractivity contribution is -0.161. The van der Waals surface area contributed by atoms with Crippen molar-refractivity contribution >= 4 is 39.5 Å². The Balaban J connectivity index is 5.25. The molecule has 0 bridgehead atoms. The van der Waals surface area contributed by atoms with E-state index in [1.165, 1.54) is 205 Å². The van der Waals surface area contributed by atoms with E-state index in [0.29, 0.717) is 31.6 Å². The van der Waals surface area contributed by atoms with Crippen LogP contribution in [0, 0.1) is 17.8 Å². The Morgan fingerprint density at radius 2 is 0.474 bits per heavy atom. The average molecular weight is 1420 g/mol. The third-order valence-corrected chi connectivity index (χ3v) is 20.0. The van der Waals surface area contributed by atoms with Gasteiger partial charge in [-0.3, -0.25) is 37.3 Å². The number of carbonyl (C=O) groups excluding carboxylic acids is 4. The molecule has 2 unspecified atom stereocenters. The van der Waals surface area contributed by atoms with Crippen LogP contribution in [0.25, 0.3) is 0 Å². The molecule has 0 aliphatic carbocycles. The fourth-order valence-corrected chi connectivity index (χ4v) is 13.5. The summed E-state index contributed by atoms with van der Waals surface area (Å²) in [5.41, 5.74) is 0. The molecule has 0 amide bonds. The molecule has 0 aromatic rings. The van der Waals surface area contributed by atoms with Crippen molar-refractivity contribution in [1.82, 2.24) is 0 Å². The van der Waals surface area contributed by atoms with Gasteiger partial charge in [0.05, 0.1) is 26.4 Å². The van der Waals surface area contributed by atoms with Gasteiger partial charge >= 0.3 is 39.5 Å². The zero-order valence-electron chi connectivity index (χ0n) is 63.5. The van der Waals surface area contributed by atoms with Gasteiger partial charge in [-0.1, -0.05) is 350 Å². The van der Waals surface area contributed by atoms with E-state index in [9.17, 15) is 43.2 Å². The maximum atomic E-state index is 13.1. The number of aliphatic hydroxyl groups is 1. The minimum atomic E-state index is -4.96. The number of phosphoric acid groups is 2. The van der Waals surface area contributed by atoms with Gasteiger partial charge in [0, 0.05) is 25.7 Å². The Labute approximate surface area is 594 Å². The molecule has 19 heteroatoms. The summed E-state index contributed by atoms with van der Waals surface area (Å²) in [5.74, 6) is 0.158. The summed E-state index contributed by atoms with van der Waals surface area (Å²) < 4.78 is 68.6. The Morgan fingerprint density at radius 3 is 0.701 bits per heavy atom. The maximum Gasteiger partial charge on any atom is 0.472 e. The predicted molar refractivity (Wildman–Crippen MR) is 395 cm³/mol. The number of aliphatic hydroxyl groups excluding tert-OH is 1. The second-order valence-corrected chi connectivity index (χ2v) is 32.4. The van der Waals surface area contributed by atoms with Crippen molar-refractivity contribution in [2.45, 2.75) is 420 Å². The van der Waals surface area contributed by atoms with E-state index in [1.807, 2.05) is 0 Å². The number of hydrogen-bond acceptors (Lipinski definition) is 15. The molecule has 0 saturated carbocycles. The SMILES string of the molecule is CCCCCCCCCCCCCCCCCC(=O)OC[C@H](COP(=O)(O)OC[C@@H](O)COP(=O)(O)OC[C@@H](COC(=O)CCCCCCCCCC(C)C)OC(=O)CCCCCCCCCCCCCC(C)C)OC(=O)CCCCCCCCCCCCCCCCCC(C)C. The van der Waals surface area contributed by atoms with Crippen molar-refractivity contribution in [3.63, 3.8) is 0 Å². The molecule has 0 heterocycles. The first-order valence-electron chi connectivity index (χ1n) is 40.3. The van der Waals surface area contributed by atoms with Crippen LogP contribution in [0.15, 0.2) is 0 Å². The molecule has 576 valence electrons. The van der Waals surface area contributed by atoms with Crippen LogP contribution in [0.2, 0.25) is 0 Å². The van der Waals surface area contributed by atoms with Crippen LogP contribution in [0.4, 0.5) is 0 Å². The van der Waals surface area contributed by atoms with Crippen LogP contribution in [0.5, 0.6) is 0 Å². The average Bonchev–Trinajstić information content (AvgIpc) is 1.17.